The molecule has 3 aromatic rings. The molecule has 0 aliphatic heterocycles. The van der Waals surface area contributed by atoms with Crippen molar-refractivity contribution in [1.82, 2.24) is 4.98 Å². The van der Waals surface area contributed by atoms with Crippen molar-refractivity contribution in [1.29, 1.82) is 0 Å². The number of pyridine rings is 1. The number of benzene rings is 2. The molecule has 0 saturated heterocycles. The van der Waals surface area contributed by atoms with Crippen LogP contribution in [-0.4, -0.2) is 21.4 Å². The van der Waals surface area contributed by atoms with E-state index in [-0.39, 0.29) is 11.5 Å². The predicted octanol–water partition coefficient (Wildman–Crippen LogP) is 4.35. The van der Waals surface area contributed by atoms with E-state index in [1.807, 2.05) is 24.3 Å². The van der Waals surface area contributed by atoms with E-state index in [1.54, 1.807) is 24.5 Å². The summed E-state index contributed by atoms with van der Waals surface area (Å²) < 4.78 is 1.01. The SMILES string of the molecule is Oc1cc(N=CCc2cccc(Br)c2)c(O)c2ncccc12. The van der Waals surface area contributed by atoms with E-state index in [4.69, 9.17) is 0 Å². The smallest absolute Gasteiger partial charge is 0.168 e. The van der Waals surface area contributed by atoms with Gasteiger partial charge in [-0.05, 0) is 29.8 Å². The van der Waals surface area contributed by atoms with Crippen LogP contribution in [0.15, 0.2) is 58.1 Å². The predicted molar refractivity (Wildman–Crippen MR) is 91.1 cm³/mol. The van der Waals surface area contributed by atoms with Crippen LogP contribution in [0.1, 0.15) is 5.56 Å². The van der Waals surface area contributed by atoms with Gasteiger partial charge in [-0.2, -0.15) is 0 Å². The van der Waals surface area contributed by atoms with Crippen LogP contribution in [0.2, 0.25) is 0 Å². The molecule has 0 aliphatic carbocycles. The monoisotopic (exact) mass is 356 g/mol. The topological polar surface area (TPSA) is 65.7 Å². The highest BCUT2D eigenvalue weighted by Gasteiger charge is 2.10. The summed E-state index contributed by atoms with van der Waals surface area (Å²) in [5.74, 6) is 0.0226. The molecule has 4 nitrogen and oxygen atoms in total. The highest BCUT2D eigenvalue weighted by molar-refractivity contribution is 9.10. The lowest BCUT2D eigenvalue weighted by Gasteiger charge is -2.05. The average molecular weight is 357 g/mol. The second-order valence-electron chi connectivity index (χ2n) is 4.81. The van der Waals surface area contributed by atoms with E-state index in [9.17, 15) is 10.2 Å². The fraction of sp³-hybridized carbons (Fsp3) is 0.0588. The van der Waals surface area contributed by atoms with Crippen LogP contribution < -0.4 is 0 Å². The van der Waals surface area contributed by atoms with Crippen LogP contribution in [0.3, 0.4) is 0 Å². The average Bonchev–Trinajstić information content (AvgIpc) is 2.52. The lowest BCUT2D eigenvalue weighted by molar-refractivity contribution is 0.470. The Bertz CT molecular complexity index is 862. The molecule has 0 saturated carbocycles. The largest absolute Gasteiger partial charge is 0.507 e. The molecule has 0 spiro atoms. The quantitative estimate of drug-likeness (QED) is 0.541. The number of nitrogens with zero attached hydrogens (tertiary/aromatic N) is 2. The molecule has 1 aromatic heterocycles. The molecule has 0 unspecified atom stereocenters. The first-order valence-corrected chi connectivity index (χ1v) is 7.51. The van der Waals surface area contributed by atoms with Crippen LogP contribution >= 0.6 is 15.9 Å². The summed E-state index contributed by atoms with van der Waals surface area (Å²) in [7, 11) is 0. The maximum Gasteiger partial charge on any atom is 0.168 e. The van der Waals surface area contributed by atoms with Gasteiger partial charge in [-0.3, -0.25) is 9.98 Å². The third-order valence-electron chi connectivity index (χ3n) is 3.27. The molecule has 0 radical (unpaired) electrons. The molecular formula is C17H13BrN2O2. The van der Waals surface area contributed by atoms with Crippen molar-refractivity contribution < 1.29 is 10.2 Å². The van der Waals surface area contributed by atoms with Gasteiger partial charge in [-0.25, -0.2) is 0 Å². The summed E-state index contributed by atoms with van der Waals surface area (Å²) in [6.07, 6.45) is 3.89. The van der Waals surface area contributed by atoms with E-state index in [0.29, 0.717) is 23.0 Å². The molecule has 0 aliphatic rings. The number of fused-ring (bicyclic) bond motifs is 1. The first-order valence-electron chi connectivity index (χ1n) is 6.72. The summed E-state index contributed by atoms with van der Waals surface area (Å²) in [6, 6.07) is 12.8. The van der Waals surface area contributed by atoms with Gasteiger partial charge in [0.15, 0.2) is 5.75 Å². The van der Waals surface area contributed by atoms with E-state index >= 15 is 0 Å². The molecule has 0 amide bonds. The van der Waals surface area contributed by atoms with E-state index in [1.165, 1.54) is 6.07 Å². The fourth-order valence-electron chi connectivity index (χ4n) is 2.21. The molecular weight excluding hydrogens is 344 g/mol. The minimum absolute atomic E-state index is 0.0288. The number of aliphatic imine (C=N–C) groups is 1. The number of aromatic hydroxyl groups is 2. The Morgan fingerprint density at radius 2 is 2.00 bits per heavy atom. The molecule has 3 rings (SSSR count). The molecule has 1 heterocycles. The standard InChI is InChI=1S/C17H13BrN2O2/c18-12-4-1-3-11(9-12)6-8-19-14-10-15(21)13-5-2-7-20-16(13)17(14)22/h1-5,7-10,21-22H,6H2. The van der Waals surface area contributed by atoms with Gasteiger partial charge in [0, 0.05) is 34.8 Å². The van der Waals surface area contributed by atoms with Crippen LogP contribution in [0, 0.1) is 0 Å². The molecule has 5 heteroatoms. The Labute approximate surface area is 135 Å². The first-order chi connectivity index (χ1) is 10.6. The Morgan fingerprint density at radius 1 is 1.14 bits per heavy atom. The summed E-state index contributed by atoms with van der Waals surface area (Å²) >= 11 is 3.42. The number of rotatable bonds is 3. The highest BCUT2D eigenvalue weighted by atomic mass is 79.9. The molecule has 2 N–H and O–H groups in total. The lowest BCUT2D eigenvalue weighted by Crippen LogP contribution is -1.86. The van der Waals surface area contributed by atoms with Crippen molar-refractivity contribution in [3.05, 3.63) is 58.7 Å². The van der Waals surface area contributed by atoms with Crippen LogP contribution in [0.5, 0.6) is 11.5 Å². The number of phenolic OH excluding ortho intramolecular Hbond substituents is 2. The van der Waals surface area contributed by atoms with Gasteiger partial charge in [-0.1, -0.05) is 28.1 Å². The third kappa shape index (κ3) is 2.94. The highest BCUT2D eigenvalue weighted by Crippen LogP contribution is 2.38. The Balaban J connectivity index is 1.90. The van der Waals surface area contributed by atoms with E-state index in [0.717, 1.165) is 10.0 Å². The third-order valence-corrected chi connectivity index (χ3v) is 3.76. The Kier molecular flexibility index (Phi) is 4.06. The van der Waals surface area contributed by atoms with Crippen molar-refractivity contribution >= 4 is 38.7 Å². The lowest BCUT2D eigenvalue weighted by atomic mass is 10.1. The Hall–Kier alpha value is -2.40. The summed E-state index contributed by atoms with van der Waals surface area (Å²) in [6.45, 7) is 0. The minimum Gasteiger partial charge on any atom is -0.507 e. The normalized spacial score (nSPS) is 11.3. The summed E-state index contributed by atoms with van der Waals surface area (Å²) in [4.78, 5) is 8.34. The number of hydrogen-bond donors (Lipinski definition) is 2. The molecule has 0 fully saturated rings. The number of halogens is 1. The van der Waals surface area contributed by atoms with Crippen molar-refractivity contribution in [2.24, 2.45) is 4.99 Å². The van der Waals surface area contributed by atoms with Gasteiger partial charge in [0.2, 0.25) is 0 Å². The van der Waals surface area contributed by atoms with Crippen molar-refractivity contribution in [3.8, 4) is 11.5 Å². The Morgan fingerprint density at radius 3 is 2.82 bits per heavy atom. The van der Waals surface area contributed by atoms with Crippen LogP contribution in [0.4, 0.5) is 5.69 Å². The van der Waals surface area contributed by atoms with Crippen molar-refractivity contribution in [3.63, 3.8) is 0 Å². The van der Waals surface area contributed by atoms with E-state index < -0.39 is 0 Å². The zero-order chi connectivity index (χ0) is 15.5. The van der Waals surface area contributed by atoms with Crippen LogP contribution in [-0.2, 0) is 6.42 Å². The molecule has 110 valence electrons. The van der Waals surface area contributed by atoms with Gasteiger partial charge in [0.05, 0.1) is 0 Å². The van der Waals surface area contributed by atoms with Gasteiger partial charge >= 0.3 is 0 Å². The van der Waals surface area contributed by atoms with Gasteiger partial charge in [0.25, 0.3) is 0 Å². The van der Waals surface area contributed by atoms with Crippen molar-refractivity contribution in [2.45, 2.75) is 6.42 Å². The van der Waals surface area contributed by atoms with Gasteiger partial charge in [-0.15, -0.1) is 0 Å². The summed E-state index contributed by atoms with van der Waals surface area (Å²) in [5, 5.41) is 20.7. The van der Waals surface area contributed by atoms with Crippen molar-refractivity contribution in [2.75, 3.05) is 0 Å². The molecule has 2 aromatic carbocycles. The molecule has 0 bridgehead atoms. The summed E-state index contributed by atoms with van der Waals surface area (Å²) in [5.41, 5.74) is 1.75. The zero-order valence-corrected chi connectivity index (χ0v) is 13.2. The second-order valence-corrected chi connectivity index (χ2v) is 5.72. The minimum atomic E-state index is -0.0288. The molecule has 0 atom stereocenters. The van der Waals surface area contributed by atoms with Gasteiger partial charge < -0.3 is 10.2 Å². The zero-order valence-electron chi connectivity index (χ0n) is 11.6. The number of hydrogen-bond acceptors (Lipinski definition) is 4. The maximum atomic E-state index is 10.2. The van der Waals surface area contributed by atoms with Crippen LogP contribution in [0.25, 0.3) is 10.9 Å². The fourth-order valence-corrected chi connectivity index (χ4v) is 2.66. The number of aromatic nitrogens is 1. The maximum absolute atomic E-state index is 10.2. The molecule has 22 heavy (non-hydrogen) atoms. The first kappa shape index (κ1) is 14.5. The van der Waals surface area contributed by atoms with Gasteiger partial charge in [0.1, 0.15) is 17.0 Å². The van der Waals surface area contributed by atoms with E-state index in [2.05, 4.69) is 25.9 Å². The second kappa shape index (κ2) is 6.15. The number of phenols is 2.